The summed E-state index contributed by atoms with van der Waals surface area (Å²) in [6.45, 7) is 33.9. The van der Waals surface area contributed by atoms with Crippen LogP contribution in [0.25, 0.3) is 0 Å². The zero-order valence-electron chi connectivity index (χ0n) is 74.4. The van der Waals surface area contributed by atoms with E-state index in [0.29, 0.717) is 75.6 Å². The van der Waals surface area contributed by atoms with Crippen LogP contribution < -0.4 is 0 Å². The minimum atomic E-state index is -0.687. The van der Waals surface area contributed by atoms with E-state index in [1.807, 2.05) is 76.2 Å². The number of fused-ring (bicyclic) bond motifs is 2. The van der Waals surface area contributed by atoms with Crippen LogP contribution in [0.4, 0.5) is 0 Å². The van der Waals surface area contributed by atoms with Gasteiger partial charge in [-0.3, -0.25) is 47.9 Å². The quantitative estimate of drug-likeness (QED) is 0.0420. The van der Waals surface area contributed by atoms with Gasteiger partial charge in [-0.1, -0.05) is 70.7 Å². The van der Waals surface area contributed by atoms with E-state index in [9.17, 15) is 52.7 Å². The third-order valence-corrected chi connectivity index (χ3v) is 32.1. The zero-order chi connectivity index (χ0) is 86.3. The third kappa shape index (κ3) is 20.2. The number of ether oxygens (including phenoxy) is 15. The molecule has 0 aromatic carbocycles. The molecule has 14 saturated carbocycles. The van der Waals surface area contributed by atoms with Crippen molar-refractivity contribution in [1.29, 1.82) is 0 Å². The Labute approximate surface area is 726 Å². The van der Waals surface area contributed by atoms with E-state index < -0.39 is 93.3 Å². The van der Waals surface area contributed by atoms with Crippen LogP contribution in [0.15, 0.2) is 0 Å². The molecule has 21 rings (SSSR count). The van der Waals surface area contributed by atoms with Crippen molar-refractivity contribution in [3.05, 3.63) is 0 Å². The lowest BCUT2D eigenvalue weighted by atomic mass is 9.52. The number of rotatable bonds is 22. The molecule has 0 aromatic rings. The fourth-order valence-electron chi connectivity index (χ4n) is 23.8. The summed E-state index contributed by atoms with van der Waals surface area (Å²) in [7, 11) is 1.31. The first kappa shape index (κ1) is 98.3. The van der Waals surface area contributed by atoms with Gasteiger partial charge in [-0.25, -0.2) is 4.79 Å². The Morgan fingerprint density at radius 3 is 1.30 bits per heavy atom. The number of carbonyl (C=O) groups excluding carboxylic acids is 11. The van der Waals surface area contributed by atoms with E-state index in [0.717, 1.165) is 114 Å². The smallest absolute Gasteiger partial charge is 0.347 e. The minimum absolute atomic E-state index is 0. The van der Waals surface area contributed by atoms with Crippen molar-refractivity contribution in [2.24, 2.45) is 110 Å². The Morgan fingerprint density at radius 2 is 0.852 bits per heavy atom. The molecule has 692 valence electrons. The summed E-state index contributed by atoms with van der Waals surface area (Å²) in [5.74, 6) is 0.271. The summed E-state index contributed by atoms with van der Waals surface area (Å²) in [5, 5.41) is 0. The zero-order valence-corrected chi connectivity index (χ0v) is 74.4. The molecule has 0 spiro atoms. The minimum Gasteiger partial charge on any atom is -0.469 e. The van der Waals surface area contributed by atoms with Crippen LogP contribution in [0, 0.1) is 110 Å². The molecule has 7 heterocycles. The predicted octanol–water partition coefficient (Wildman–Crippen LogP) is 16.5. The normalized spacial score (nSPS) is 39.6. The highest BCUT2D eigenvalue weighted by atomic mass is 16.7. The van der Waals surface area contributed by atoms with Crippen molar-refractivity contribution in [3.63, 3.8) is 0 Å². The fourth-order valence-corrected chi connectivity index (χ4v) is 23.8. The first-order chi connectivity index (χ1) is 55.9. The average molecular weight is 1720 g/mol. The van der Waals surface area contributed by atoms with Gasteiger partial charge >= 0.3 is 65.7 Å². The fraction of sp³-hybridized carbons (Fsp3) is 0.885. The molecule has 0 aromatic heterocycles. The van der Waals surface area contributed by atoms with Crippen molar-refractivity contribution in [2.45, 2.75) is 403 Å². The number of hydrogen-bond donors (Lipinski definition) is 0. The largest absolute Gasteiger partial charge is 0.469 e. The van der Waals surface area contributed by atoms with Crippen LogP contribution in [-0.4, -0.2) is 170 Å². The second-order valence-corrected chi connectivity index (χ2v) is 42.9. The molecule has 7 aliphatic heterocycles. The van der Waals surface area contributed by atoms with Gasteiger partial charge in [0.15, 0.2) is 18.5 Å². The number of methoxy groups -OCH3 is 1. The molecular formula is C96H152O26. The molecule has 26 nitrogen and oxygen atoms in total. The molecule has 19 unspecified atom stereocenters. The first-order valence-electron chi connectivity index (χ1n) is 45.6. The van der Waals surface area contributed by atoms with Gasteiger partial charge in [-0.05, 0) is 278 Å². The van der Waals surface area contributed by atoms with E-state index in [-0.39, 0.29) is 140 Å². The SMILES string of the molecule is C.C.C.CC1C(=O)OC(=O)C1C.CCC(C)(C)C(=O)OC12CC3CC(C1)CC(OC1CCCCO1)(C3)C2.CCC(C)(C)C(=O)OC12CC3CC(CC(OCOC45CC6CC(CC(C6)C4)C5)(C3)C1)C2.CCC(C)(C)C(=O)OC1C2CC3C(=O)OC1C3O2.CCC(C)(C)C(=O)OC1C2CC3C1OC(=O)C3C2C(=O)OC.CCC(C)(C)C(=O)OC1CCOC1=O. The third-order valence-electron chi connectivity index (χ3n) is 32.1. The lowest BCUT2D eigenvalue weighted by Gasteiger charge is -2.61. The van der Waals surface area contributed by atoms with Crippen molar-refractivity contribution in [1.82, 2.24) is 0 Å². The molecule has 21 fully saturated rings. The summed E-state index contributed by atoms with van der Waals surface area (Å²) >= 11 is 0. The van der Waals surface area contributed by atoms with E-state index in [2.05, 4.69) is 18.6 Å². The lowest BCUT2D eigenvalue weighted by Crippen LogP contribution is -2.62. The molecule has 14 aliphatic carbocycles. The van der Waals surface area contributed by atoms with Gasteiger partial charge in [-0.2, -0.15) is 0 Å². The standard InChI is InChI=1S/C27H42O4.C21H34O4.C16H22O6.C13H18O5.C10H16O4.C6H8O3.3CH4/c1-4-24(2,3)23(28)31-27-14-21-8-22(15-27)13-26(12-21,16-27)30-17-29-25-9-18-5-19(10-25)7-20(6-18)11-25;1-4-19(2,3)18(22)25-21-12-15-9-16(13-21)11-20(10-15,14-21)24-17-7-5-6-8-23-17;1-5-16(2,3)15(19)22-12-7-6-8-10(9(7)13(17)20-4)14(18)21-11(8)12;1-4-13(2,3)12(15)18-9-7-5-6-8(16-7)10(9)17-11(6)14;1-4-10(2,3)9(12)14-7-5-6-13-8(7)11;1-3-4(2)6(8)9-5(3)7;;;/h18-22H,4-17H2,1-3H3;15-17H,4-14H2,1-3H3;7-12H,5-6H2,1-4H3;6-10H,4-5H2,1-3H3;7H,4-6H2,1-3H3;3-4H,1-2H3;3*1H4. The second-order valence-electron chi connectivity index (χ2n) is 42.9. The van der Waals surface area contributed by atoms with E-state index in [1.54, 1.807) is 27.7 Å². The van der Waals surface area contributed by atoms with Crippen molar-refractivity contribution in [2.75, 3.05) is 27.1 Å². The van der Waals surface area contributed by atoms with Gasteiger partial charge in [-0.15, -0.1) is 0 Å². The summed E-state index contributed by atoms with van der Waals surface area (Å²) < 4.78 is 84.9. The van der Waals surface area contributed by atoms with Gasteiger partial charge in [0.2, 0.25) is 6.10 Å². The lowest BCUT2D eigenvalue weighted by molar-refractivity contribution is -0.291. The first-order valence-corrected chi connectivity index (χ1v) is 45.6. The Hall–Kier alpha value is -5.83. The Bertz CT molecular complexity index is 3700. The topological polar surface area (TPSA) is 326 Å². The maximum Gasteiger partial charge on any atom is 0.347 e. The van der Waals surface area contributed by atoms with Gasteiger partial charge in [0.25, 0.3) is 0 Å². The van der Waals surface area contributed by atoms with Crippen LogP contribution in [0.5, 0.6) is 0 Å². The van der Waals surface area contributed by atoms with Crippen molar-refractivity contribution >= 4 is 65.7 Å². The monoisotopic (exact) mass is 1720 g/mol. The molecule has 7 saturated heterocycles. The molecule has 0 N–H and O–H groups in total. The van der Waals surface area contributed by atoms with Crippen molar-refractivity contribution in [3.8, 4) is 0 Å². The van der Waals surface area contributed by atoms with Crippen LogP contribution in [-0.2, 0) is 124 Å². The summed E-state index contributed by atoms with van der Waals surface area (Å²) in [6, 6.07) is 0. The molecular weight excluding hydrogens is 1570 g/mol. The number of hydrogen-bond acceptors (Lipinski definition) is 26. The molecule has 122 heavy (non-hydrogen) atoms. The number of carbonyl (C=O) groups is 11. The number of esters is 11. The van der Waals surface area contributed by atoms with Crippen LogP contribution in [0.3, 0.4) is 0 Å². The Morgan fingerprint density at radius 1 is 0.426 bits per heavy atom. The number of cyclic esters (lactones) is 3. The van der Waals surface area contributed by atoms with Gasteiger partial charge < -0.3 is 71.1 Å². The molecule has 26 heteroatoms. The molecule has 0 amide bonds. The molecule has 19 atom stereocenters. The van der Waals surface area contributed by atoms with Gasteiger partial charge in [0, 0.05) is 37.7 Å². The van der Waals surface area contributed by atoms with Crippen LogP contribution in [0.1, 0.15) is 326 Å². The molecule has 16 bridgehead atoms. The molecule has 21 aliphatic rings. The van der Waals surface area contributed by atoms with E-state index in [1.165, 1.54) is 64.9 Å². The van der Waals surface area contributed by atoms with Crippen molar-refractivity contribution < 1.29 is 124 Å². The highest BCUT2D eigenvalue weighted by Gasteiger charge is 2.71. The maximum absolute atomic E-state index is 13.0. The summed E-state index contributed by atoms with van der Waals surface area (Å²) in [5.41, 5.74) is -3.17. The molecule has 0 radical (unpaired) electrons. The second kappa shape index (κ2) is 37.5. The predicted molar refractivity (Wildman–Crippen MR) is 447 cm³/mol. The van der Waals surface area contributed by atoms with Gasteiger partial charge in [0.05, 0.1) is 93.3 Å². The van der Waals surface area contributed by atoms with Crippen LogP contribution >= 0.6 is 0 Å². The maximum atomic E-state index is 13.0. The average Bonchev–Trinajstić information content (AvgIpc) is 1.53. The highest BCUT2D eigenvalue weighted by Crippen LogP contribution is 2.65. The van der Waals surface area contributed by atoms with E-state index >= 15 is 0 Å². The van der Waals surface area contributed by atoms with Gasteiger partial charge in [0.1, 0.15) is 36.3 Å². The summed E-state index contributed by atoms with van der Waals surface area (Å²) in [6.07, 6.45) is 27.0. The van der Waals surface area contributed by atoms with E-state index in [4.69, 9.17) is 66.3 Å². The Kier molecular flexibility index (Phi) is 30.2. The highest BCUT2D eigenvalue weighted by molar-refractivity contribution is 5.96. The Balaban J connectivity index is 0.000000158. The van der Waals surface area contributed by atoms with Crippen LogP contribution in [0.2, 0.25) is 0 Å². The summed E-state index contributed by atoms with van der Waals surface area (Å²) in [4.78, 5) is 129.